The van der Waals surface area contributed by atoms with Gasteiger partial charge >= 0.3 is 0 Å². The number of nitrogens with two attached hydrogens (primary N) is 1. The fourth-order valence-electron chi connectivity index (χ4n) is 2.43. The monoisotopic (exact) mass is 283 g/mol. The van der Waals surface area contributed by atoms with E-state index in [1.54, 1.807) is 14.2 Å². The van der Waals surface area contributed by atoms with Crippen LogP contribution in [0, 0.1) is 6.92 Å². The normalized spacial score (nSPS) is 10.8. The van der Waals surface area contributed by atoms with Crippen LogP contribution in [0.3, 0.4) is 0 Å². The first-order valence-electron chi connectivity index (χ1n) is 6.61. The number of methoxy groups -OCH3 is 2. The zero-order valence-electron chi connectivity index (χ0n) is 12.3. The molecular formula is C16H17N3O2. The van der Waals surface area contributed by atoms with Crippen LogP contribution < -0.4 is 15.2 Å². The van der Waals surface area contributed by atoms with Crippen LogP contribution in [-0.4, -0.2) is 23.8 Å². The molecule has 3 rings (SSSR count). The number of benzene rings is 2. The van der Waals surface area contributed by atoms with E-state index in [9.17, 15) is 0 Å². The van der Waals surface area contributed by atoms with Crippen LogP contribution in [0.2, 0.25) is 0 Å². The van der Waals surface area contributed by atoms with Crippen LogP contribution in [0.1, 0.15) is 5.56 Å². The maximum absolute atomic E-state index is 6.11. The lowest BCUT2D eigenvalue weighted by atomic mass is 10.2. The second-order valence-electron chi connectivity index (χ2n) is 4.84. The summed E-state index contributed by atoms with van der Waals surface area (Å²) in [7, 11) is 3.26. The number of hydrogen-bond acceptors (Lipinski definition) is 4. The third kappa shape index (κ3) is 2.16. The Morgan fingerprint density at radius 2 is 1.86 bits per heavy atom. The second-order valence-corrected chi connectivity index (χ2v) is 4.84. The summed E-state index contributed by atoms with van der Waals surface area (Å²) in [5.74, 6) is 1.87. The molecule has 5 heteroatoms. The maximum atomic E-state index is 6.11. The van der Waals surface area contributed by atoms with Gasteiger partial charge in [-0.05, 0) is 36.8 Å². The van der Waals surface area contributed by atoms with Crippen molar-refractivity contribution in [2.45, 2.75) is 6.92 Å². The molecule has 3 aromatic rings. The molecule has 2 aromatic carbocycles. The van der Waals surface area contributed by atoms with E-state index in [1.165, 1.54) is 0 Å². The van der Waals surface area contributed by atoms with Gasteiger partial charge in [0.15, 0.2) is 0 Å². The molecule has 1 heterocycles. The third-order valence-corrected chi connectivity index (χ3v) is 3.46. The Morgan fingerprint density at radius 3 is 2.57 bits per heavy atom. The van der Waals surface area contributed by atoms with Gasteiger partial charge in [-0.1, -0.05) is 6.07 Å². The first-order valence-corrected chi connectivity index (χ1v) is 6.61. The summed E-state index contributed by atoms with van der Waals surface area (Å²) < 4.78 is 12.6. The molecule has 0 saturated heterocycles. The van der Waals surface area contributed by atoms with Crippen LogP contribution in [0.15, 0.2) is 36.4 Å². The molecule has 0 atom stereocenters. The van der Waals surface area contributed by atoms with Gasteiger partial charge in [0.1, 0.15) is 11.5 Å². The van der Waals surface area contributed by atoms with Gasteiger partial charge in [-0.3, -0.25) is 4.57 Å². The predicted octanol–water partition coefficient (Wildman–Crippen LogP) is 2.93. The fourth-order valence-corrected chi connectivity index (χ4v) is 2.43. The Balaban J connectivity index is 2.33. The molecule has 0 aliphatic carbocycles. The molecule has 5 nitrogen and oxygen atoms in total. The van der Waals surface area contributed by atoms with Crippen molar-refractivity contribution < 1.29 is 9.47 Å². The first kappa shape index (κ1) is 13.3. The largest absolute Gasteiger partial charge is 0.497 e. The third-order valence-electron chi connectivity index (χ3n) is 3.46. The number of imidazole rings is 1. The van der Waals surface area contributed by atoms with E-state index in [0.717, 1.165) is 28.0 Å². The van der Waals surface area contributed by atoms with Gasteiger partial charge in [0.05, 0.1) is 30.9 Å². The molecule has 0 aliphatic heterocycles. The van der Waals surface area contributed by atoms with Crippen LogP contribution >= 0.6 is 0 Å². The molecule has 0 unspecified atom stereocenters. The van der Waals surface area contributed by atoms with Gasteiger partial charge in [0, 0.05) is 6.07 Å². The van der Waals surface area contributed by atoms with Crippen molar-refractivity contribution in [1.82, 2.24) is 9.55 Å². The molecule has 108 valence electrons. The quantitative estimate of drug-likeness (QED) is 0.802. The van der Waals surface area contributed by atoms with E-state index in [-0.39, 0.29) is 0 Å². The SMILES string of the molecule is COc1ccc(OC)c(-n2c(N)nc3ccc(C)cc32)c1. The average molecular weight is 283 g/mol. The summed E-state index contributed by atoms with van der Waals surface area (Å²) >= 11 is 0. The summed E-state index contributed by atoms with van der Waals surface area (Å²) in [6.45, 7) is 2.04. The zero-order valence-corrected chi connectivity index (χ0v) is 12.3. The van der Waals surface area contributed by atoms with Crippen LogP contribution in [0.25, 0.3) is 16.7 Å². The standard InChI is InChI=1S/C16H17N3O2/c1-10-4-6-12-13(8-10)19(16(17)18-12)14-9-11(20-2)5-7-15(14)21-3/h4-9H,1-3H3,(H2,17,18). The summed E-state index contributed by atoms with van der Waals surface area (Å²) in [4.78, 5) is 4.41. The minimum atomic E-state index is 0.419. The summed E-state index contributed by atoms with van der Waals surface area (Å²) in [5, 5.41) is 0. The van der Waals surface area contributed by atoms with Crippen LogP contribution in [0.5, 0.6) is 11.5 Å². The van der Waals surface area contributed by atoms with E-state index >= 15 is 0 Å². The number of nitrogens with zero attached hydrogens (tertiary/aromatic N) is 2. The molecule has 0 saturated carbocycles. The molecule has 21 heavy (non-hydrogen) atoms. The molecule has 1 aromatic heterocycles. The van der Waals surface area contributed by atoms with Crippen molar-refractivity contribution in [2.75, 3.05) is 20.0 Å². The van der Waals surface area contributed by atoms with Crippen molar-refractivity contribution in [1.29, 1.82) is 0 Å². The van der Waals surface area contributed by atoms with Crippen molar-refractivity contribution in [3.63, 3.8) is 0 Å². The zero-order chi connectivity index (χ0) is 15.0. The van der Waals surface area contributed by atoms with Gasteiger partial charge in [0.25, 0.3) is 0 Å². The van der Waals surface area contributed by atoms with Gasteiger partial charge in [-0.2, -0.15) is 0 Å². The predicted molar refractivity (Wildman–Crippen MR) is 83.3 cm³/mol. The fraction of sp³-hybridized carbons (Fsp3) is 0.188. The molecule has 2 N–H and O–H groups in total. The van der Waals surface area contributed by atoms with Crippen molar-refractivity contribution in [2.24, 2.45) is 0 Å². The highest BCUT2D eigenvalue weighted by Gasteiger charge is 2.15. The van der Waals surface area contributed by atoms with Crippen molar-refractivity contribution >= 4 is 17.0 Å². The van der Waals surface area contributed by atoms with Crippen LogP contribution in [-0.2, 0) is 0 Å². The van der Waals surface area contributed by atoms with E-state index in [0.29, 0.717) is 11.7 Å². The number of anilines is 1. The Labute approximate surface area is 122 Å². The average Bonchev–Trinajstić information content (AvgIpc) is 2.81. The smallest absolute Gasteiger partial charge is 0.206 e. The lowest BCUT2D eigenvalue weighted by Gasteiger charge is -2.13. The molecular weight excluding hydrogens is 266 g/mol. The molecule has 0 spiro atoms. The first-order chi connectivity index (χ1) is 10.1. The lowest BCUT2D eigenvalue weighted by molar-refractivity contribution is 0.402. The molecule has 0 aliphatic rings. The summed E-state index contributed by atoms with van der Waals surface area (Å²) in [6.07, 6.45) is 0. The highest BCUT2D eigenvalue weighted by molar-refractivity contribution is 5.82. The van der Waals surface area contributed by atoms with Gasteiger partial charge in [-0.15, -0.1) is 0 Å². The highest BCUT2D eigenvalue weighted by Crippen LogP contribution is 2.32. The van der Waals surface area contributed by atoms with E-state index < -0.39 is 0 Å². The minimum Gasteiger partial charge on any atom is -0.497 e. The van der Waals surface area contributed by atoms with Crippen molar-refractivity contribution in [3.8, 4) is 17.2 Å². The molecule has 0 radical (unpaired) electrons. The Morgan fingerprint density at radius 1 is 1.05 bits per heavy atom. The molecule has 0 amide bonds. The number of aryl methyl sites for hydroxylation is 1. The number of fused-ring (bicyclic) bond motifs is 1. The van der Waals surface area contributed by atoms with E-state index in [2.05, 4.69) is 11.1 Å². The summed E-state index contributed by atoms with van der Waals surface area (Å²) in [6, 6.07) is 11.6. The lowest BCUT2D eigenvalue weighted by Crippen LogP contribution is -2.03. The molecule has 0 fully saturated rings. The Kier molecular flexibility index (Phi) is 3.17. The maximum Gasteiger partial charge on any atom is 0.206 e. The van der Waals surface area contributed by atoms with Gasteiger partial charge in [-0.25, -0.2) is 4.98 Å². The van der Waals surface area contributed by atoms with Crippen LogP contribution in [0.4, 0.5) is 5.95 Å². The van der Waals surface area contributed by atoms with Gasteiger partial charge < -0.3 is 15.2 Å². The number of ether oxygens (including phenoxy) is 2. The van der Waals surface area contributed by atoms with E-state index in [1.807, 2.05) is 41.8 Å². The topological polar surface area (TPSA) is 62.3 Å². The second kappa shape index (κ2) is 5.01. The molecule has 0 bridgehead atoms. The minimum absolute atomic E-state index is 0.419. The Bertz CT molecular complexity index is 809. The number of aromatic nitrogens is 2. The number of hydrogen-bond donors (Lipinski definition) is 1. The number of nitrogen functional groups attached to an aromatic ring is 1. The number of rotatable bonds is 3. The van der Waals surface area contributed by atoms with Crippen molar-refractivity contribution in [3.05, 3.63) is 42.0 Å². The Hall–Kier alpha value is -2.69. The van der Waals surface area contributed by atoms with Gasteiger partial charge in [0.2, 0.25) is 5.95 Å². The van der Waals surface area contributed by atoms with E-state index in [4.69, 9.17) is 15.2 Å². The summed E-state index contributed by atoms with van der Waals surface area (Å²) in [5.41, 5.74) is 9.85. The highest BCUT2D eigenvalue weighted by atomic mass is 16.5.